The van der Waals surface area contributed by atoms with Crippen molar-refractivity contribution in [3.63, 3.8) is 0 Å². The summed E-state index contributed by atoms with van der Waals surface area (Å²) >= 11 is 0. The molecule has 7 heteroatoms. The summed E-state index contributed by atoms with van der Waals surface area (Å²) in [5.41, 5.74) is 0.662. The Balaban J connectivity index is 2.04. The molecule has 0 amide bonds. The normalized spacial score (nSPS) is 23.2. The maximum absolute atomic E-state index is 12.2. The van der Waals surface area contributed by atoms with Crippen LogP contribution >= 0.6 is 0 Å². The number of carboxylic acids is 1. The zero-order chi connectivity index (χ0) is 15.6. The summed E-state index contributed by atoms with van der Waals surface area (Å²) in [6, 6.07) is 5.61. The van der Waals surface area contributed by atoms with Crippen LogP contribution in [-0.4, -0.2) is 34.9 Å². The van der Waals surface area contributed by atoms with Crippen LogP contribution in [-0.2, 0) is 11.3 Å². The summed E-state index contributed by atoms with van der Waals surface area (Å²) in [5, 5.41) is 9.07. The van der Waals surface area contributed by atoms with Gasteiger partial charge < -0.3 is 9.84 Å². The first-order chi connectivity index (χ1) is 9.76. The Labute approximate surface area is 120 Å². The van der Waals surface area contributed by atoms with Gasteiger partial charge >= 0.3 is 12.3 Å². The van der Waals surface area contributed by atoms with Crippen LogP contribution in [0.25, 0.3) is 0 Å². The largest absolute Gasteiger partial charge is 0.573 e. The highest BCUT2D eigenvalue weighted by Crippen LogP contribution is 2.28. The fourth-order valence-corrected chi connectivity index (χ4v) is 2.63. The van der Waals surface area contributed by atoms with Gasteiger partial charge in [-0.05, 0) is 37.6 Å². The van der Waals surface area contributed by atoms with Crippen LogP contribution in [0.3, 0.4) is 0 Å². The van der Waals surface area contributed by atoms with Crippen LogP contribution in [0.5, 0.6) is 5.75 Å². The Kier molecular flexibility index (Phi) is 4.41. The molecule has 1 aliphatic heterocycles. The van der Waals surface area contributed by atoms with Gasteiger partial charge in [0.05, 0.1) is 5.92 Å². The highest BCUT2D eigenvalue weighted by Gasteiger charge is 2.35. The molecule has 2 atom stereocenters. The molecule has 4 nitrogen and oxygen atoms in total. The van der Waals surface area contributed by atoms with E-state index in [4.69, 9.17) is 5.11 Å². The third-order valence-electron chi connectivity index (χ3n) is 3.72. The Morgan fingerprint density at radius 1 is 1.48 bits per heavy atom. The Morgan fingerprint density at radius 3 is 2.76 bits per heavy atom. The van der Waals surface area contributed by atoms with Crippen LogP contribution < -0.4 is 4.74 Å². The second kappa shape index (κ2) is 5.93. The molecular weight excluding hydrogens is 287 g/mol. The standard InChI is InChI=1S/C14H16F3NO3/c1-9-12(13(19)20)5-6-18(9)8-10-3-2-4-11(7-10)21-14(15,16)17/h2-4,7,9,12H,5-6,8H2,1H3,(H,19,20). The van der Waals surface area contributed by atoms with Gasteiger partial charge in [-0.25, -0.2) is 0 Å². The molecule has 1 saturated heterocycles. The zero-order valence-electron chi connectivity index (χ0n) is 11.4. The molecule has 1 fully saturated rings. The van der Waals surface area contributed by atoms with E-state index in [0.717, 1.165) is 0 Å². The molecule has 0 aliphatic carbocycles. The number of carbonyl (C=O) groups is 1. The Hall–Kier alpha value is -1.76. The van der Waals surface area contributed by atoms with Crippen LogP contribution in [0.1, 0.15) is 18.9 Å². The second-order valence-corrected chi connectivity index (χ2v) is 5.14. The van der Waals surface area contributed by atoms with E-state index >= 15 is 0 Å². The highest BCUT2D eigenvalue weighted by molar-refractivity contribution is 5.71. The van der Waals surface area contributed by atoms with Crippen LogP contribution in [0.4, 0.5) is 13.2 Å². The summed E-state index contributed by atoms with van der Waals surface area (Å²) in [6.07, 6.45) is -4.16. The zero-order valence-corrected chi connectivity index (χ0v) is 11.4. The molecule has 0 bridgehead atoms. The molecular formula is C14H16F3NO3. The first kappa shape index (κ1) is 15.6. The van der Waals surface area contributed by atoms with E-state index in [1.54, 1.807) is 6.07 Å². The number of hydrogen-bond acceptors (Lipinski definition) is 3. The number of ether oxygens (including phenoxy) is 1. The first-order valence-electron chi connectivity index (χ1n) is 6.58. The van der Waals surface area contributed by atoms with Gasteiger partial charge in [-0.2, -0.15) is 0 Å². The van der Waals surface area contributed by atoms with Gasteiger partial charge in [0.15, 0.2) is 0 Å². The number of halogens is 3. The summed E-state index contributed by atoms with van der Waals surface area (Å²) in [7, 11) is 0. The second-order valence-electron chi connectivity index (χ2n) is 5.14. The molecule has 0 saturated carbocycles. The smallest absolute Gasteiger partial charge is 0.481 e. The van der Waals surface area contributed by atoms with E-state index in [9.17, 15) is 18.0 Å². The number of benzene rings is 1. The van der Waals surface area contributed by atoms with Gasteiger partial charge in [0.1, 0.15) is 5.75 Å². The van der Waals surface area contributed by atoms with E-state index in [0.29, 0.717) is 25.1 Å². The van der Waals surface area contributed by atoms with Crippen LogP contribution in [0, 0.1) is 5.92 Å². The fraction of sp³-hybridized carbons (Fsp3) is 0.500. The number of aliphatic carboxylic acids is 1. The van der Waals surface area contributed by atoms with Gasteiger partial charge in [0.2, 0.25) is 0 Å². The van der Waals surface area contributed by atoms with Crippen molar-refractivity contribution >= 4 is 5.97 Å². The quantitative estimate of drug-likeness (QED) is 0.929. The van der Waals surface area contributed by atoms with E-state index in [1.165, 1.54) is 18.2 Å². The lowest BCUT2D eigenvalue weighted by Crippen LogP contribution is -2.32. The van der Waals surface area contributed by atoms with Gasteiger partial charge in [-0.1, -0.05) is 12.1 Å². The number of hydrogen-bond donors (Lipinski definition) is 1. The van der Waals surface area contributed by atoms with E-state index in [2.05, 4.69) is 4.74 Å². The van der Waals surface area contributed by atoms with Crippen molar-refractivity contribution in [3.8, 4) is 5.75 Å². The summed E-state index contributed by atoms with van der Waals surface area (Å²) in [5.74, 6) is -1.53. The van der Waals surface area contributed by atoms with Crippen molar-refractivity contribution in [2.75, 3.05) is 6.54 Å². The number of alkyl halides is 3. The SMILES string of the molecule is CC1C(C(=O)O)CCN1Cc1cccc(OC(F)(F)F)c1. The summed E-state index contributed by atoms with van der Waals surface area (Å²) in [4.78, 5) is 13.0. The van der Waals surface area contributed by atoms with Gasteiger partial charge in [0, 0.05) is 12.6 Å². The van der Waals surface area contributed by atoms with Crippen LogP contribution in [0.15, 0.2) is 24.3 Å². The molecule has 1 heterocycles. The lowest BCUT2D eigenvalue weighted by atomic mass is 10.0. The lowest BCUT2D eigenvalue weighted by molar-refractivity contribution is -0.274. The van der Waals surface area contributed by atoms with Crippen molar-refractivity contribution in [3.05, 3.63) is 29.8 Å². The summed E-state index contributed by atoms with van der Waals surface area (Å²) in [6.45, 7) is 2.84. The topological polar surface area (TPSA) is 49.8 Å². The molecule has 1 aromatic rings. The minimum atomic E-state index is -4.71. The maximum Gasteiger partial charge on any atom is 0.573 e. The third-order valence-corrected chi connectivity index (χ3v) is 3.72. The average molecular weight is 303 g/mol. The molecule has 2 unspecified atom stereocenters. The molecule has 1 aromatic carbocycles. The molecule has 0 aromatic heterocycles. The number of rotatable bonds is 4. The van der Waals surface area contributed by atoms with Gasteiger partial charge in [-0.15, -0.1) is 13.2 Å². The predicted molar refractivity (Wildman–Crippen MR) is 68.7 cm³/mol. The Bertz CT molecular complexity index is 518. The number of carboxylic acid groups (broad SMARTS) is 1. The van der Waals surface area contributed by atoms with Gasteiger partial charge in [0.25, 0.3) is 0 Å². The minimum Gasteiger partial charge on any atom is -0.481 e. The van der Waals surface area contributed by atoms with Crippen LogP contribution in [0.2, 0.25) is 0 Å². The third kappa shape index (κ3) is 4.10. The van der Waals surface area contributed by atoms with Crippen molar-refractivity contribution < 1.29 is 27.8 Å². The van der Waals surface area contributed by atoms with E-state index in [1.807, 2.05) is 11.8 Å². The molecule has 2 rings (SSSR count). The maximum atomic E-state index is 12.2. The van der Waals surface area contributed by atoms with Gasteiger partial charge in [-0.3, -0.25) is 9.69 Å². The number of nitrogens with zero attached hydrogens (tertiary/aromatic N) is 1. The number of likely N-dealkylation sites (tertiary alicyclic amines) is 1. The lowest BCUT2D eigenvalue weighted by Gasteiger charge is -2.23. The molecule has 0 spiro atoms. The summed E-state index contributed by atoms with van der Waals surface area (Å²) < 4.78 is 40.4. The molecule has 21 heavy (non-hydrogen) atoms. The molecule has 1 aliphatic rings. The van der Waals surface area contributed by atoms with Crippen molar-refractivity contribution in [2.24, 2.45) is 5.92 Å². The fourth-order valence-electron chi connectivity index (χ4n) is 2.63. The molecule has 0 radical (unpaired) electrons. The van der Waals surface area contributed by atoms with E-state index < -0.39 is 18.2 Å². The Morgan fingerprint density at radius 2 is 2.19 bits per heavy atom. The van der Waals surface area contributed by atoms with Crippen molar-refractivity contribution in [1.29, 1.82) is 0 Å². The van der Waals surface area contributed by atoms with Crippen molar-refractivity contribution in [1.82, 2.24) is 4.90 Å². The highest BCUT2D eigenvalue weighted by atomic mass is 19.4. The minimum absolute atomic E-state index is 0.144. The first-order valence-corrected chi connectivity index (χ1v) is 6.58. The monoisotopic (exact) mass is 303 g/mol. The van der Waals surface area contributed by atoms with E-state index in [-0.39, 0.29) is 11.8 Å². The average Bonchev–Trinajstić information content (AvgIpc) is 2.69. The van der Waals surface area contributed by atoms with Crippen molar-refractivity contribution in [2.45, 2.75) is 32.3 Å². The predicted octanol–water partition coefficient (Wildman–Crippen LogP) is 2.88. The molecule has 1 N–H and O–H groups in total. The molecule has 116 valence electrons.